The summed E-state index contributed by atoms with van der Waals surface area (Å²) in [5.74, 6) is 0. The molecule has 0 fully saturated rings. The van der Waals surface area contributed by atoms with Crippen LogP contribution in [0, 0.1) is 20.2 Å². The molecule has 0 unspecified atom stereocenters. The number of hydrogen-bond acceptors (Lipinski definition) is 11. The summed E-state index contributed by atoms with van der Waals surface area (Å²) in [5, 5.41) is 27.1. The first-order valence-electron chi connectivity index (χ1n) is 9.62. The Hall–Kier alpha value is -3.94. The van der Waals surface area contributed by atoms with Gasteiger partial charge in [0.1, 0.15) is 0 Å². The first-order chi connectivity index (χ1) is 16.5. The van der Waals surface area contributed by atoms with Gasteiger partial charge >= 0.3 is 0 Å². The molecule has 0 radical (unpaired) electrons. The van der Waals surface area contributed by atoms with Crippen molar-refractivity contribution in [3.8, 4) is 0 Å². The zero-order valence-corrected chi connectivity index (χ0v) is 19.4. The van der Waals surface area contributed by atoms with Gasteiger partial charge in [-0.1, -0.05) is 41.3 Å². The number of nitro groups is 2. The quantitative estimate of drug-likeness (QED) is 0.153. The summed E-state index contributed by atoms with van der Waals surface area (Å²) in [6, 6.07) is 17.0. The van der Waals surface area contributed by atoms with Gasteiger partial charge in [-0.2, -0.15) is 5.10 Å². The fourth-order valence-corrected chi connectivity index (χ4v) is 6.03. The average Bonchev–Trinajstić information content (AvgIpc) is 3.42. The van der Waals surface area contributed by atoms with Crippen molar-refractivity contribution < 1.29 is 9.85 Å². The third-order valence-corrected chi connectivity index (χ3v) is 7.69. The number of thiazole rings is 2. The summed E-state index contributed by atoms with van der Waals surface area (Å²) in [4.78, 5) is 31.0. The third-order valence-electron chi connectivity index (χ3n) is 4.61. The predicted molar refractivity (Wildman–Crippen MR) is 134 cm³/mol. The van der Waals surface area contributed by atoms with E-state index in [-0.39, 0.29) is 11.4 Å². The summed E-state index contributed by atoms with van der Waals surface area (Å²) < 4.78 is 2.40. The standard InChI is InChI=1S/C21H12N6O4S3/c28-26(29)13-6-7-15-19(10-13)32-20(23-15)25-22-11-12-5-8-18(16(9-12)27(30)31)34-21-24-14-3-1-2-4-17(14)33-21/h1-11H,(H,23,25)/b22-11-. The second-order valence-corrected chi connectivity index (χ2v) is 10.2. The van der Waals surface area contributed by atoms with Gasteiger partial charge in [0.2, 0.25) is 5.13 Å². The lowest BCUT2D eigenvalue weighted by Crippen LogP contribution is -1.94. The highest BCUT2D eigenvalue weighted by atomic mass is 32.2. The first-order valence-corrected chi connectivity index (χ1v) is 12.1. The number of nitrogens with one attached hydrogen (secondary N) is 1. The van der Waals surface area contributed by atoms with Crippen LogP contribution >= 0.6 is 34.4 Å². The minimum atomic E-state index is -0.462. The number of hydrogen-bond donors (Lipinski definition) is 1. The van der Waals surface area contributed by atoms with Gasteiger partial charge in [-0.25, -0.2) is 9.97 Å². The number of rotatable bonds is 7. The summed E-state index contributed by atoms with van der Waals surface area (Å²) >= 11 is 3.95. The van der Waals surface area contributed by atoms with E-state index < -0.39 is 9.85 Å². The van der Waals surface area contributed by atoms with Gasteiger partial charge in [0.05, 0.1) is 41.4 Å². The Balaban J connectivity index is 1.33. The highest BCUT2D eigenvalue weighted by Gasteiger charge is 2.17. The van der Waals surface area contributed by atoms with E-state index in [1.807, 2.05) is 24.3 Å². The van der Waals surface area contributed by atoms with Gasteiger partial charge in [-0.05, 0) is 24.3 Å². The number of nitro benzene ring substituents is 2. The van der Waals surface area contributed by atoms with E-state index in [0.717, 1.165) is 14.6 Å². The van der Waals surface area contributed by atoms with Crippen molar-refractivity contribution >= 4 is 77.6 Å². The lowest BCUT2D eigenvalue weighted by Gasteiger charge is -2.02. The van der Waals surface area contributed by atoms with Gasteiger partial charge < -0.3 is 0 Å². The van der Waals surface area contributed by atoms with E-state index in [1.165, 1.54) is 58.8 Å². The molecule has 0 aliphatic carbocycles. The van der Waals surface area contributed by atoms with Crippen molar-refractivity contribution in [1.29, 1.82) is 0 Å². The van der Waals surface area contributed by atoms with E-state index in [0.29, 0.717) is 25.8 Å². The van der Waals surface area contributed by atoms with E-state index >= 15 is 0 Å². The van der Waals surface area contributed by atoms with Gasteiger partial charge in [0.25, 0.3) is 11.4 Å². The van der Waals surface area contributed by atoms with Crippen LogP contribution in [0.1, 0.15) is 5.56 Å². The van der Waals surface area contributed by atoms with E-state index in [4.69, 9.17) is 0 Å². The molecule has 0 saturated carbocycles. The van der Waals surface area contributed by atoms with Crippen molar-refractivity contribution in [2.24, 2.45) is 5.10 Å². The van der Waals surface area contributed by atoms with Crippen LogP contribution in [0.4, 0.5) is 16.5 Å². The zero-order chi connectivity index (χ0) is 23.7. The average molecular weight is 509 g/mol. The normalized spacial score (nSPS) is 11.4. The molecule has 10 nitrogen and oxygen atoms in total. The molecule has 5 aromatic rings. The molecule has 2 aromatic heterocycles. The molecule has 2 heterocycles. The van der Waals surface area contributed by atoms with E-state index in [2.05, 4.69) is 20.5 Å². The molecular formula is C21H12N6O4S3. The van der Waals surface area contributed by atoms with Gasteiger partial charge in [0, 0.05) is 23.8 Å². The summed E-state index contributed by atoms with van der Waals surface area (Å²) in [7, 11) is 0. The van der Waals surface area contributed by atoms with Crippen molar-refractivity contribution in [3.05, 3.63) is 86.5 Å². The number of aromatic nitrogens is 2. The number of nitrogens with zero attached hydrogens (tertiary/aromatic N) is 5. The topological polar surface area (TPSA) is 136 Å². The maximum atomic E-state index is 11.7. The number of non-ortho nitro benzene ring substituents is 1. The van der Waals surface area contributed by atoms with Gasteiger partial charge in [0.15, 0.2) is 4.34 Å². The zero-order valence-electron chi connectivity index (χ0n) is 16.9. The smallest absolute Gasteiger partial charge is 0.258 e. The van der Waals surface area contributed by atoms with Crippen LogP contribution in [0.15, 0.2) is 75.0 Å². The van der Waals surface area contributed by atoms with Crippen LogP contribution in [0.2, 0.25) is 0 Å². The second kappa shape index (κ2) is 9.13. The highest BCUT2D eigenvalue weighted by molar-refractivity contribution is 8.01. The molecular weight excluding hydrogens is 496 g/mol. The molecule has 0 bridgehead atoms. The summed E-state index contributed by atoms with van der Waals surface area (Å²) in [6.07, 6.45) is 1.45. The minimum Gasteiger partial charge on any atom is -0.258 e. The van der Waals surface area contributed by atoms with E-state index in [9.17, 15) is 20.2 Å². The first kappa shape index (κ1) is 21.9. The van der Waals surface area contributed by atoms with Crippen LogP contribution in [-0.2, 0) is 0 Å². The van der Waals surface area contributed by atoms with Crippen LogP contribution < -0.4 is 5.43 Å². The Morgan fingerprint density at radius 1 is 0.912 bits per heavy atom. The fraction of sp³-hybridized carbons (Fsp3) is 0. The molecule has 0 spiro atoms. The molecule has 1 N–H and O–H groups in total. The summed E-state index contributed by atoms with van der Waals surface area (Å²) in [6.45, 7) is 0. The second-order valence-electron chi connectivity index (χ2n) is 6.83. The Morgan fingerprint density at radius 2 is 1.74 bits per heavy atom. The van der Waals surface area contributed by atoms with Crippen molar-refractivity contribution in [2.45, 2.75) is 9.24 Å². The monoisotopic (exact) mass is 508 g/mol. The maximum Gasteiger partial charge on any atom is 0.283 e. The number of para-hydroxylation sites is 1. The third kappa shape index (κ3) is 4.57. The number of hydrazone groups is 1. The molecule has 0 saturated heterocycles. The largest absolute Gasteiger partial charge is 0.283 e. The van der Waals surface area contributed by atoms with Crippen molar-refractivity contribution in [1.82, 2.24) is 9.97 Å². The van der Waals surface area contributed by atoms with Crippen LogP contribution in [0.5, 0.6) is 0 Å². The van der Waals surface area contributed by atoms with Gasteiger partial charge in [-0.3, -0.25) is 25.7 Å². The summed E-state index contributed by atoms with van der Waals surface area (Å²) in [5.41, 5.74) is 4.72. The number of fused-ring (bicyclic) bond motifs is 2. The highest BCUT2D eigenvalue weighted by Crippen LogP contribution is 2.39. The Labute approximate surface area is 203 Å². The molecule has 0 amide bonds. The van der Waals surface area contributed by atoms with Gasteiger partial charge in [-0.15, -0.1) is 11.3 Å². The molecule has 3 aromatic carbocycles. The Morgan fingerprint density at radius 3 is 2.53 bits per heavy atom. The molecule has 0 atom stereocenters. The molecule has 34 heavy (non-hydrogen) atoms. The lowest BCUT2D eigenvalue weighted by atomic mass is 10.2. The molecule has 5 rings (SSSR count). The number of benzene rings is 3. The van der Waals surface area contributed by atoms with Crippen LogP contribution in [0.3, 0.4) is 0 Å². The van der Waals surface area contributed by atoms with Crippen molar-refractivity contribution in [3.63, 3.8) is 0 Å². The van der Waals surface area contributed by atoms with Crippen molar-refractivity contribution in [2.75, 3.05) is 5.43 Å². The molecule has 0 aliphatic heterocycles. The van der Waals surface area contributed by atoms with E-state index in [1.54, 1.807) is 18.2 Å². The SMILES string of the molecule is O=[N+]([O-])c1ccc2nc(N/N=C\c3ccc(Sc4nc5ccccc5s4)c([N+](=O)[O-])c3)sc2c1. The minimum absolute atomic E-state index is 0.0117. The number of anilines is 1. The molecule has 13 heteroatoms. The van der Waals surface area contributed by atoms with Crippen LogP contribution in [-0.4, -0.2) is 26.0 Å². The maximum absolute atomic E-state index is 11.7. The molecule has 0 aliphatic rings. The fourth-order valence-electron chi connectivity index (χ4n) is 3.07. The lowest BCUT2D eigenvalue weighted by molar-refractivity contribution is -0.387. The molecule has 168 valence electrons. The Bertz CT molecular complexity index is 1560. The predicted octanol–water partition coefficient (Wildman–Crippen LogP) is 6.32. The van der Waals surface area contributed by atoms with Crippen LogP contribution in [0.25, 0.3) is 20.4 Å². The Kier molecular flexibility index (Phi) is 5.88.